The van der Waals surface area contributed by atoms with Crippen LogP contribution in [0.5, 0.6) is 0 Å². The van der Waals surface area contributed by atoms with Crippen molar-refractivity contribution in [3.05, 3.63) is 158 Å². The summed E-state index contributed by atoms with van der Waals surface area (Å²) in [6, 6.07) is 50.3. The minimum Gasteiger partial charge on any atom is -0.354 e. The van der Waals surface area contributed by atoms with E-state index >= 15 is 0 Å². The van der Waals surface area contributed by atoms with Gasteiger partial charge in [-0.25, -0.2) is 0 Å². The normalized spacial score (nSPS) is 11.9. The molecule has 80 heavy (non-hydrogen) atoms. The van der Waals surface area contributed by atoms with Gasteiger partial charge >= 0.3 is 0 Å². The zero-order valence-electron chi connectivity index (χ0n) is 43.0. The van der Waals surface area contributed by atoms with Crippen molar-refractivity contribution < 1.29 is 0 Å². The molecule has 0 radical (unpaired) electrons. The van der Waals surface area contributed by atoms with E-state index in [0.29, 0.717) is 84.5 Å². The van der Waals surface area contributed by atoms with Gasteiger partial charge in [0.2, 0.25) is 71.4 Å². The maximum atomic E-state index is 4.74. The Kier molecular flexibility index (Phi) is 14.9. The number of nitrogens with one attached hydrogen (secondary N) is 12. The Bertz CT molecular complexity index is 3320. The highest BCUT2D eigenvalue weighted by atomic mass is 15.3. The van der Waals surface area contributed by atoms with Crippen LogP contribution in [0, 0.1) is 0 Å². The Hall–Kier alpha value is -11.0. The Balaban J connectivity index is 0.645. The Labute approximate surface area is 459 Å². The molecule has 12 N–H and O–H groups in total. The van der Waals surface area contributed by atoms with Crippen molar-refractivity contribution in [2.24, 2.45) is 0 Å². The smallest absolute Gasteiger partial charge is 0.233 e. The van der Waals surface area contributed by atoms with E-state index in [4.69, 9.17) is 29.9 Å². The van der Waals surface area contributed by atoms with Crippen molar-refractivity contribution in [1.29, 1.82) is 0 Å². The van der Waals surface area contributed by atoms with Crippen molar-refractivity contribution in [3.8, 4) is 0 Å². The maximum absolute atomic E-state index is 4.74. The van der Waals surface area contributed by atoms with Gasteiger partial charge in [-0.15, -0.1) is 0 Å². The molecule has 0 amide bonds. The van der Waals surface area contributed by atoms with Crippen LogP contribution in [0.4, 0.5) is 128 Å². The molecule has 0 spiro atoms. The Morgan fingerprint density at radius 3 is 0.738 bits per heavy atom. The third-order valence-electron chi connectivity index (χ3n) is 12.3. The lowest BCUT2D eigenvalue weighted by Gasteiger charge is -2.15. The lowest BCUT2D eigenvalue weighted by molar-refractivity contribution is 0.609. The second-order valence-corrected chi connectivity index (χ2v) is 18.5. The van der Waals surface area contributed by atoms with Gasteiger partial charge in [0.25, 0.3) is 0 Å². The number of anilines is 22. The number of hydrogen-bond acceptors (Lipinski definition) is 24. The van der Waals surface area contributed by atoms with Crippen molar-refractivity contribution >= 4 is 128 Å². The zero-order valence-corrected chi connectivity index (χ0v) is 43.0. The lowest BCUT2D eigenvalue weighted by Crippen LogP contribution is -2.11. The fourth-order valence-corrected chi connectivity index (χ4v) is 8.61. The second-order valence-electron chi connectivity index (χ2n) is 18.5. The predicted molar refractivity (Wildman–Crippen MR) is 315 cm³/mol. The minimum absolute atomic E-state index is 0.352. The maximum Gasteiger partial charge on any atom is 0.233 e. The molecule has 6 heterocycles. The SMILES string of the molecule is c1ccc(Nc2nc3nc(n2)Nc2cccc(c2)Nc2nc(NCCCCCCCCNc4nc5nc(n4)Nc4cccc(c4)Nc4nc(Nc6ccccc6)nc(n4)Nc4cccc(c4)N5)nc(n2)Nc2cccc(c2)N3)cc1. The highest BCUT2D eigenvalue weighted by Gasteiger charge is 2.16. The van der Waals surface area contributed by atoms with E-state index in [2.05, 4.69) is 93.7 Å². The molecular formula is C56H54N24. The third kappa shape index (κ3) is 13.7. The number of hydrogen-bond donors (Lipinski definition) is 12. The number of unbranched alkanes of at least 4 members (excludes halogenated alkanes) is 5. The van der Waals surface area contributed by atoms with Gasteiger partial charge in [-0.05, 0) is 110 Å². The van der Waals surface area contributed by atoms with Gasteiger partial charge in [0.15, 0.2) is 0 Å². The van der Waals surface area contributed by atoms with Crippen LogP contribution in [0.1, 0.15) is 38.5 Å². The van der Waals surface area contributed by atoms with E-state index < -0.39 is 0 Å². The van der Waals surface area contributed by atoms with Crippen molar-refractivity contribution in [1.82, 2.24) is 59.8 Å². The van der Waals surface area contributed by atoms with E-state index in [9.17, 15) is 0 Å². The lowest BCUT2D eigenvalue weighted by atomic mass is 10.1. The fraction of sp³-hybridized carbons (Fsp3) is 0.143. The van der Waals surface area contributed by atoms with E-state index in [0.717, 1.165) is 95.4 Å². The van der Waals surface area contributed by atoms with Crippen molar-refractivity contribution in [3.63, 3.8) is 0 Å². The summed E-state index contributed by atoms with van der Waals surface area (Å²) in [5.74, 6) is 4.56. The summed E-state index contributed by atoms with van der Waals surface area (Å²) in [5, 5.41) is 40.2. The molecule has 24 heteroatoms. The highest BCUT2D eigenvalue weighted by Crippen LogP contribution is 2.30. The van der Waals surface area contributed by atoms with Gasteiger partial charge in [0, 0.05) is 70.0 Å². The van der Waals surface area contributed by atoms with Crippen LogP contribution in [0.2, 0.25) is 0 Å². The molecule has 0 aliphatic carbocycles. The quantitative estimate of drug-likeness (QED) is 0.0425. The molecule has 6 aromatic carbocycles. The van der Waals surface area contributed by atoms with Gasteiger partial charge < -0.3 is 63.8 Å². The second kappa shape index (κ2) is 23.9. The molecule has 398 valence electrons. The molecule has 24 nitrogen and oxygen atoms in total. The molecule has 0 unspecified atom stereocenters. The number of para-hydroxylation sites is 2. The molecule has 4 aromatic heterocycles. The van der Waals surface area contributed by atoms with Crippen LogP contribution >= 0.6 is 0 Å². The highest BCUT2D eigenvalue weighted by molar-refractivity contribution is 5.72. The molecule has 2 aliphatic heterocycles. The monoisotopic (exact) mass is 1060 g/mol. The van der Waals surface area contributed by atoms with E-state index in [1.807, 2.05) is 158 Å². The van der Waals surface area contributed by atoms with Gasteiger partial charge in [-0.1, -0.05) is 86.3 Å². The average molecular weight is 1060 g/mol. The van der Waals surface area contributed by atoms with Crippen LogP contribution < -0.4 is 63.8 Å². The molecule has 16 bridgehead atoms. The van der Waals surface area contributed by atoms with Crippen LogP contribution in [0.15, 0.2) is 158 Å². The summed E-state index contributed by atoms with van der Waals surface area (Å²) in [6.07, 6.45) is 6.12. The van der Waals surface area contributed by atoms with Gasteiger partial charge in [0.1, 0.15) is 0 Å². The first-order valence-corrected chi connectivity index (χ1v) is 26.2. The largest absolute Gasteiger partial charge is 0.354 e. The Morgan fingerprint density at radius 2 is 0.475 bits per heavy atom. The molecule has 0 saturated heterocycles. The first kappa shape index (κ1) is 49.8. The van der Waals surface area contributed by atoms with Crippen molar-refractivity contribution in [2.45, 2.75) is 38.5 Å². The standard InChI is InChI=1S/C56H54N24/c1(3-11-29-57-45-69-49-61-37-21-13-25-41(31-37)65-53-73-47(59-35-17-7-5-8-18-35)74-54(79-53)66-42-26-14-22-38(32-42)62-50(70-45)77-49)2-4-12-30-58-46-71-51-63-39-23-15-27-43(33-39)67-55-75-48(60-36-19-9-6-10-20-36)76-56(80-55)68-44-28-16-24-40(34-44)64-52(72-46)78-51/h5-10,13-28,31-34H,1-4,11-12,29-30H2,(H3,57,61,62,69,70,77)(H3,58,63,64,71,72,78)(H3,59,65,66,73,74,79)(H3,60,67,68,75,76,80). The molecule has 0 saturated carbocycles. The third-order valence-corrected chi connectivity index (χ3v) is 12.3. The van der Waals surface area contributed by atoms with Crippen LogP contribution in [-0.4, -0.2) is 72.9 Å². The number of nitrogens with zero attached hydrogens (tertiary/aromatic N) is 12. The average Bonchev–Trinajstić information content (AvgIpc) is 3.45. The number of benzene rings is 6. The molecule has 2 aliphatic rings. The first-order chi connectivity index (χ1) is 39.4. The number of fused-ring (bicyclic) bond motifs is 16. The van der Waals surface area contributed by atoms with Gasteiger partial charge in [0.05, 0.1) is 0 Å². The zero-order chi connectivity index (χ0) is 53.7. The van der Waals surface area contributed by atoms with Crippen molar-refractivity contribution in [2.75, 3.05) is 76.9 Å². The minimum atomic E-state index is 0.352. The van der Waals surface area contributed by atoms with E-state index in [1.54, 1.807) is 0 Å². The molecule has 0 atom stereocenters. The van der Waals surface area contributed by atoms with E-state index in [-0.39, 0.29) is 0 Å². The van der Waals surface area contributed by atoms with Crippen LogP contribution in [0.25, 0.3) is 0 Å². The van der Waals surface area contributed by atoms with Gasteiger partial charge in [-0.3, -0.25) is 0 Å². The van der Waals surface area contributed by atoms with Crippen LogP contribution in [-0.2, 0) is 0 Å². The Morgan fingerprint density at radius 1 is 0.237 bits per heavy atom. The predicted octanol–water partition coefficient (Wildman–Crippen LogP) is 12.4. The number of aromatic nitrogens is 12. The summed E-state index contributed by atoms with van der Waals surface area (Å²) >= 11 is 0. The molecule has 10 aromatic rings. The summed E-state index contributed by atoms with van der Waals surface area (Å²) in [5.41, 5.74) is 7.70. The van der Waals surface area contributed by atoms with E-state index in [1.165, 1.54) is 0 Å². The van der Waals surface area contributed by atoms with Gasteiger partial charge in [-0.2, -0.15) is 59.8 Å². The number of rotatable bonds is 15. The summed E-state index contributed by atoms with van der Waals surface area (Å²) in [7, 11) is 0. The fourth-order valence-electron chi connectivity index (χ4n) is 8.61. The summed E-state index contributed by atoms with van der Waals surface area (Å²) < 4.78 is 0. The first-order valence-electron chi connectivity index (χ1n) is 26.2. The summed E-state index contributed by atoms with van der Waals surface area (Å²) in [4.78, 5) is 56.4. The molecule has 12 rings (SSSR count). The van der Waals surface area contributed by atoms with Crippen LogP contribution in [0.3, 0.4) is 0 Å². The molecule has 0 fully saturated rings. The summed E-state index contributed by atoms with van der Waals surface area (Å²) in [6.45, 7) is 1.38. The topological polar surface area (TPSA) is 299 Å². The molecular weight excluding hydrogens is 1010 g/mol.